The van der Waals surface area contributed by atoms with Gasteiger partial charge in [-0.2, -0.15) is 0 Å². The number of nitrogens with two attached hydrogens (primary N) is 1. The van der Waals surface area contributed by atoms with Gasteiger partial charge < -0.3 is 21.5 Å². The van der Waals surface area contributed by atoms with E-state index in [-0.39, 0.29) is 17.9 Å². The lowest BCUT2D eigenvalue weighted by atomic mass is 10.1. The van der Waals surface area contributed by atoms with Crippen LogP contribution in [0.5, 0.6) is 0 Å². The van der Waals surface area contributed by atoms with Gasteiger partial charge in [0.15, 0.2) is 5.96 Å². The van der Waals surface area contributed by atoms with Crippen LogP contribution in [0.1, 0.15) is 18.4 Å². The third-order valence-corrected chi connectivity index (χ3v) is 2.92. The molecule has 1 aromatic carbocycles. The van der Waals surface area contributed by atoms with Crippen molar-refractivity contribution in [2.75, 3.05) is 6.54 Å². The number of halogens is 1. The van der Waals surface area contributed by atoms with Crippen LogP contribution in [0.4, 0.5) is 4.39 Å². The summed E-state index contributed by atoms with van der Waals surface area (Å²) in [6, 6.07) is 4.85. The van der Waals surface area contributed by atoms with Crippen molar-refractivity contribution < 1.29 is 19.1 Å². The monoisotopic (exact) mass is 322 g/mol. The molecular weight excluding hydrogens is 303 g/mol. The van der Waals surface area contributed by atoms with E-state index in [1.165, 1.54) is 24.3 Å². The Morgan fingerprint density at radius 3 is 2.70 bits per heavy atom. The highest BCUT2D eigenvalue weighted by molar-refractivity contribution is 5.94. The highest BCUT2D eigenvalue weighted by Gasteiger charge is 2.18. The molecule has 0 aliphatic rings. The summed E-state index contributed by atoms with van der Waals surface area (Å²) in [5.74, 6) is -2.46. The van der Waals surface area contributed by atoms with Gasteiger partial charge in [-0.3, -0.25) is 10.2 Å². The Morgan fingerprint density at radius 2 is 2.09 bits per heavy atom. The van der Waals surface area contributed by atoms with E-state index >= 15 is 0 Å². The number of carboxylic acids is 1. The lowest BCUT2D eigenvalue weighted by Crippen LogP contribution is -2.40. The molecule has 0 radical (unpaired) electrons. The first-order valence-corrected chi connectivity index (χ1v) is 6.94. The fraction of sp³-hybridized carbons (Fsp3) is 0.267. The summed E-state index contributed by atoms with van der Waals surface area (Å²) in [4.78, 5) is 22.8. The summed E-state index contributed by atoms with van der Waals surface area (Å²) in [7, 11) is 0. The second-order valence-electron chi connectivity index (χ2n) is 4.74. The molecule has 7 nitrogen and oxygen atoms in total. The van der Waals surface area contributed by atoms with Gasteiger partial charge in [0.1, 0.15) is 11.9 Å². The minimum atomic E-state index is -1.17. The Labute approximate surface area is 132 Å². The Bertz CT molecular complexity index is 604. The van der Waals surface area contributed by atoms with E-state index in [1.807, 2.05) is 0 Å². The number of hydrogen-bond donors (Lipinski definition) is 5. The van der Waals surface area contributed by atoms with Crippen LogP contribution >= 0.6 is 0 Å². The molecule has 0 aliphatic carbocycles. The van der Waals surface area contributed by atoms with Crippen molar-refractivity contribution in [2.45, 2.75) is 18.9 Å². The topological polar surface area (TPSA) is 128 Å². The first kappa shape index (κ1) is 18.1. The number of carbonyl (C=O) groups is 2. The van der Waals surface area contributed by atoms with Gasteiger partial charge in [0.05, 0.1) is 0 Å². The summed E-state index contributed by atoms with van der Waals surface area (Å²) in [6.07, 6.45) is 2.95. The van der Waals surface area contributed by atoms with Crippen molar-refractivity contribution in [3.8, 4) is 0 Å². The molecule has 1 aromatic rings. The molecule has 6 N–H and O–H groups in total. The van der Waals surface area contributed by atoms with Gasteiger partial charge in [0, 0.05) is 18.2 Å². The zero-order valence-electron chi connectivity index (χ0n) is 12.4. The summed E-state index contributed by atoms with van der Waals surface area (Å²) in [5.41, 5.74) is 5.34. The van der Waals surface area contributed by atoms with E-state index in [4.69, 9.17) is 16.2 Å². The molecule has 0 heterocycles. The molecular formula is C15H19FN4O3. The van der Waals surface area contributed by atoms with Crippen molar-refractivity contribution >= 4 is 23.9 Å². The van der Waals surface area contributed by atoms with Gasteiger partial charge in [-0.15, -0.1) is 0 Å². The lowest BCUT2D eigenvalue weighted by molar-refractivity contribution is -0.141. The zero-order chi connectivity index (χ0) is 17.2. The van der Waals surface area contributed by atoms with E-state index in [2.05, 4.69) is 10.6 Å². The number of guanidine groups is 1. The smallest absolute Gasteiger partial charge is 0.326 e. The number of carboxylic acid groups (broad SMARTS) is 1. The van der Waals surface area contributed by atoms with Gasteiger partial charge >= 0.3 is 5.97 Å². The zero-order valence-corrected chi connectivity index (χ0v) is 12.4. The van der Waals surface area contributed by atoms with Crippen molar-refractivity contribution in [2.24, 2.45) is 5.73 Å². The third kappa shape index (κ3) is 7.07. The number of amides is 1. The first-order valence-electron chi connectivity index (χ1n) is 6.94. The van der Waals surface area contributed by atoms with Crippen LogP contribution in [0.2, 0.25) is 0 Å². The van der Waals surface area contributed by atoms with Gasteiger partial charge in [0.2, 0.25) is 5.91 Å². The van der Waals surface area contributed by atoms with E-state index in [0.717, 1.165) is 6.08 Å². The van der Waals surface area contributed by atoms with Crippen LogP contribution in [0.15, 0.2) is 30.3 Å². The maximum atomic E-state index is 13.4. The third-order valence-electron chi connectivity index (χ3n) is 2.92. The maximum Gasteiger partial charge on any atom is 0.326 e. The van der Waals surface area contributed by atoms with Crippen LogP contribution in [-0.2, 0) is 9.59 Å². The van der Waals surface area contributed by atoms with Crippen LogP contribution in [0.3, 0.4) is 0 Å². The average molecular weight is 322 g/mol. The molecule has 1 amide bonds. The first-order chi connectivity index (χ1) is 10.9. The number of benzene rings is 1. The number of rotatable bonds is 8. The molecule has 0 saturated heterocycles. The predicted octanol–water partition coefficient (Wildman–Crippen LogP) is 0.672. The highest BCUT2D eigenvalue weighted by atomic mass is 19.1. The van der Waals surface area contributed by atoms with Crippen LogP contribution < -0.4 is 16.4 Å². The Kier molecular flexibility index (Phi) is 7.25. The predicted molar refractivity (Wildman–Crippen MR) is 84.2 cm³/mol. The molecule has 23 heavy (non-hydrogen) atoms. The quantitative estimate of drug-likeness (QED) is 0.208. The SMILES string of the molecule is N=C(N)NCCC[C@H](NC(=O)/C=C/c1ccccc1F)C(=O)O. The molecule has 0 aliphatic heterocycles. The molecule has 0 aromatic heterocycles. The van der Waals surface area contributed by atoms with Crippen LogP contribution in [-0.4, -0.2) is 35.5 Å². The Hall–Kier alpha value is -2.90. The Morgan fingerprint density at radius 1 is 1.39 bits per heavy atom. The molecule has 0 unspecified atom stereocenters. The summed E-state index contributed by atoms with van der Waals surface area (Å²) >= 11 is 0. The molecule has 1 atom stereocenters. The number of carbonyl (C=O) groups excluding carboxylic acids is 1. The molecule has 124 valence electrons. The van der Waals surface area contributed by atoms with Gasteiger partial charge in [-0.25, -0.2) is 9.18 Å². The standard InChI is InChI=1S/C15H19FN4O3/c16-11-5-2-1-4-10(11)7-8-13(21)20-12(14(22)23)6-3-9-19-15(17)18/h1-2,4-5,7-8,12H,3,6,9H2,(H,20,21)(H,22,23)(H4,17,18,19)/b8-7+/t12-/m0/s1. The molecule has 8 heteroatoms. The molecule has 0 saturated carbocycles. The van der Waals surface area contributed by atoms with Crippen molar-refractivity contribution in [1.29, 1.82) is 5.41 Å². The second-order valence-corrected chi connectivity index (χ2v) is 4.74. The fourth-order valence-corrected chi connectivity index (χ4v) is 1.78. The number of nitrogens with one attached hydrogen (secondary N) is 3. The van der Waals surface area contributed by atoms with Crippen LogP contribution in [0.25, 0.3) is 6.08 Å². The highest BCUT2D eigenvalue weighted by Crippen LogP contribution is 2.08. The van der Waals surface area contributed by atoms with E-state index in [9.17, 15) is 14.0 Å². The summed E-state index contributed by atoms with van der Waals surface area (Å²) in [5, 5.41) is 20.9. The van der Waals surface area contributed by atoms with E-state index in [1.54, 1.807) is 6.07 Å². The minimum absolute atomic E-state index is 0.175. The summed E-state index contributed by atoms with van der Waals surface area (Å²) in [6.45, 7) is 0.333. The van der Waals surface area contributed by atoms with Crippen molar-refractivity contribution in [1.82, 2.24) is 10.6 Å². The molecule has 0 spiro atoms. The number of hydrogen-bond acceptors (Lipinski definition) is 3. The average Bonchev–Trinajstić information content (AvgIpc) is 2.49. The lowest BCUT2D eigenvalue weighted by Gasteiger charge is -2.13. The van der Waals surface area contributed by atoms with Crippen molar-refractivity contribution in [3.63, 3.8) is 0 Å². The van der Waals surface area contributed by atoms with E-state index in [0.29, 0.717) is 13.0 Å². The minimum Gasteiger partial charge on any atom is -0.480 e. The summed E-state index contributed by atoms with van der Waals surface area (Å²) < 4.78 is 13.4. The molecule has 0 fully saturated rings. The van der Waals surface area contributed by atoms with E-state index < -0.39 is 23.7 Å². The number of aliphatic carboxylic acids is 1. The Balaban J connectivity index is 2.52. The molecule has 0 bridgehead atoms. The van der Waals surface area contributed by atoms with Gasteiger partial charge in [-0.1, -0.05) is 18.2 Å². The maximum absolute atomic E-state index is 13.4. The second kappa shape index (κ2) is 9.19. The van der Waals surface area contributed by atoms with Gasteiger partial charge in [-0.05, 0) is 25.0 Å². The fourth-order valence-electron chi connectivity index (χ4n) is 1.78. The molecule has 1 rings (SSSR count). The van der Waals surface area contributed by atoms with Crippen LogP contribution in [0, 0.1) is 11.2 Å². The van der Waals surface area contributed by atoms with Gasteiger partial charge in [0.25, 0.3) is 0 Å². The normalized spacial score (nSPS) is 11.9. The van der Waals surface area contributed by atoms with Crippen molar-refractivity contribution in [3.05, 3.63) is 41.7 Å². The largest absolute Gasteiger partial charge is 0.480 e.